The lowest BCUT2D eigenvalue weighted by molar-refractivity contribution is 0.513. The molecule has 2 N–H and O–H groups in total. The van der Waals surface area contributed by atoms with Gasteiger partial charge in [0, 0.05) is 18.9 Å². The molecule has 0 bridgehead atoms. The van der Waals surface area contributed by atoms with Crippen LogP contribution in [0.5, 0.6) is 0 Å². The Morgan fingerprint density at radius 2 is 1.76 bits per heavy atom. The molecule has 98 valence electrons. The van der Waals surface area contributed by atoms with E-state index < -0.39 is 0 Å². The van der Waals surface area contributed by atoms with Crippen LogP contribution in [0.15, 0.2) is 0 Å². The molecule has 3 nitrogen and oxygen atoms in total. The number of anilines is 1. The predicted octanol–water partition coefficient (Wildman–Crippen LogP) is 3.59. The Morgan fingerprint density at radius 1 is 1.18 bits per heavy atom. The Kier molecular flexibility index (Phi) is 5.03. The molecule has 0 aromatic carbocycles. The summed E-state index contributed by atoms with van der Waals surface area (Å²) in [6.45, 7) is 12.0. The van der Waals surface area contributed by atoms with Gasteiger partial charge in [0.2, 0.25) is 0 Å². The van der Waals surface area contributed by atoms with Crippen LogP contribution < -0.4 is 5.73 Å². The number of imidazole rings is 1. The average molecular weight is 237 g/mol. The van der Waals surface area contributed by atoms with Crippen molar-refractivity contribution in [3.63, 3.8) is 0 Å². The van der Waals surface area contributed by atoms with Crippen molar-refractivity contribution < 1.29 is 0 Å². The molecule has 1 heterocycles. The lowest BCUT2D eigenvalue weighted by atomic mass is 9.99. The third-order valence-electron chi connectivity index (χ3n) is 3.35. The van der Waals surface area contributed by atoms with Crippen molar-refractivity contribution in [3.8, 4) is 0 Å². The molecule has 0 saturated heterocycles. The lowest BCUT2D eigenvalue weighted by Crippen LogP contribution is -2.11. The van der Waals surface area contributed by atoms with Gasteiger partial charge in [0.1, 0.15) is 11.6 Å². The van der Waals surface area contributed by atoms with E-state index in [2.05, 4.69) is 39.2 Å². The van der Waals surface area contributed by atoms with Crippen molar-refractivity contribution in [2.24, 2.45) is 5.92 Å². The van der Waals surface area contributed by atoms with E-state index in [0.29, 0.717) is 11.8 Å². The lowest BCUT2D eigenvalue weighted by Gasteiger charge is -2.13. The average Bonchev–Trinajstić information content (AvgIpc) is 2.59. The molecule has 0 saturated carbocycles. The molecule has 0 aliphatic rings. The number of rotatable bonds is 6. The van der Waals surface area contributed by atoms with Gasteiger partial charge >= 0.3 is 0 Å². The Hall–Kier alpha value is -0.990. The zero-order chi connectivity index (χ0) is 13.0. The highest BCUT2D eigenvalue weighted by molar-refractivity contribution is 5.40. The molecular formula is C14H27N3. The second-order valence-corrected chi connectivity index (χ2v) is 5.17. The van der Waals surface area contributed by atoms with Gasteiger partial charge in [0.05, 0.1) is 5.69 Å². The summed E-state index contributed by atoms with van der Waals surface area (Å²) < 4.78 is 2.21. The van der Waals surface area contributed by atoms with Crippen LogP contribution in [0.25, 0.3) is 0 Å². The minimum atomic E-state index is 0.508. The molecule has 1 rings (SSSR count). The third-order valence-corrected chi connectivity index (χ3v) is 3.35. The van der Waals surface area contributed by atoms with E-state index in [9.17, 15) is 0 Å². The van der Waals surface area contributed by atoms with Crippen LogP contribution in [0.2, 0.25) is 0 Å². The van der Waals surface area contributed by atoms with Crippen LogP contribution in [0.3, 0.4) is 0 Å². The third kappa shape index (κ3) is 3.02. The molecule has 1 aromatic rings. The molecule has 17 heavy (non-hydrogen) atoms. The quantitative estimate of drug-likeness (QED) is 0.821. The highest BCUT2D eigenvalue weighted by atomic mass is 15.1. The van der Waals surface area contributed by atoms with Crippen LogP contribution in [0, 0.1) is 5.92 Å². The molecule has 0 radical (unpaired) electrons. The highest BCUT2D eigenvalue weighted by Crippen LogP contribution is 2.29. The van der Waals surface area contributed by atoms with Gasteiger partial charge in [-0.15, -0.1) is 0 Å². The van der Waals surface area contributed by atoms with Crippen molar-refractivity contribution in [2.75, 3.05) is 5.73 Å². The summed E-state index contributed by atoms with van der Waals surface area (Å²) in [5.74, 6) is 3.14. The second-order valence-electron chi connectivity index (χ2n) is 5.17. The molecule has 0 spiro atoms. The monoisotopic (exact) mass is 237 g/mol. The SMILES string of the molecule is CCc1nc(C(CC)CC)c(N)n1CC(C)C. The Balaban J connectivity index is 3.12. The fraction of sp³-hybridized carbons (Fsp3) is 0.786. The maximum Gasteiger partial charge on any atom is 0.127 e. The molecule has 0 aliphatic heterocycles. The number of nitrogens with two attached hydrogens (primary N) is 1. The highest BCUT2D eigenvalue weighted by Gasteiger charge is 2.19. The summed E-state index contributed by atoms with van der Waals surface area (Å²) in [5, 5.41) is 0. The van der Waals surface area contributed by atoms with E-state index in [-0.39, 0.29) is 0 Å². The Labute approximate surface area is 105 Å². The van der Waals surface area contributed by atoms with Gasteiger partial charge in [-0.25, -0.2) is 4.98 Å². The second kappa shape index (κ2) is 6.08. The Morgan fingerprint density at radius 3 is 2.18 bits per heavy atom. The summed E-state index contributed by atoms with van der Waals surface area (Å²) in [6, 6.07) is 0. The van der Waals surface area contributed by atoms with E-state index in [1.165, 1.54) is 0 Å². The maximum absolute atomic E-state index is 6.28. The zero-order valence-corrected chi connectivity index (χ0v) is 12.0. The summed E-state index contributed by atoms with van der Waals surface area (Å²) in [7, 11) is 0. The van der Waals surface area contributed by atoms with Gasteiger partial charge in [-0.3, -0.25) is 0 Å². The van der Waals surface area contributed by atoms with Crippen LogP contribution in [0.1, 0.15) is 64.9 Å². The summed E-state index contributed by atoms with van der Waals surface area (Å²) in [5.41, 5.74) is 7.40. The number of hydrogen-bond donors (Lipinski definition) is 1. The minimum absolute atomic E-state index is 0.508. The van der Waals surface area contributed by atoms with Crippen molar-refractivity contribution in [3.05, 3.63) is 11.5 Å². The van der Waals surface area contributed by atoms with Gasteiger partial charge < -0.3 is 10.3 Å². The molecule has 1 aromatic heterocycles. The van der Waals surface area contributed by atoms with Crippen LogP contribution in [-0.2, 0) is 13.0 Å². The van der Waals surface area contributed by atoms with Crippen molar-refractivity contribution >= 4 is 5.82 Å². The zero-order valence-electron chi connectivity index (χ0n) is 12.0. The van der Waals surface area contributed by atoms with E-state index in [1.807, 2.05) is 0 Å². The van der Waals surface area contributed by atoms with E-state index in [4.69, 9.17) is 10.7 Å². The maximum atomic E-state index is 6.28. The first-order chi connectivity index (χ1) is 8.04. The standard InChI is InChI=1S/C14H27N3/c1-6-11(7-2)13-14(15)17(9-10(4)5)12(8-3)16-13/h10-11H,6-9,15H2,1-5H3. The first-order valence-electron chi connectivity index (χ1n) is 6.89. The number of aromatic nitrogens is 2. The van der Waals surface area contributed by atoms with Crippen molar-refractivity contribution in [2.45, 2.75) is 66.3 Å². The molecule has 0 amide bonds. The number of aryl methyl sites for hydroxylation is 1. The van der Waals surface area contributed by atoms with Gasteiger partial charge in [-0.1, -0.05) is 34.6 Å². The number of nitrogen functional groups attached to an aromatic ring is 1. The molecule has 3 heteroatoms. The number of hydrogen-bond acceptors (Lipinski definition) is 2. The molecule has 0 unspecified atom stereocenters. The fourth-order valence-electron chi connectivity index (χ4n) is 2.35. The first kappa shape index (κ1) is 14.1. The minimum Gasteiger partial charge on any atom is -0.384 e. The topological polar surface area (TPSA) is 43.8 Å². The normalized spacial score (nSPS) is 11.7. The van der Waals surface area contributed by atoms with E-state index in [0.717, 1.165) is 43.1 Å². The van der Waals surface area contributed by atoms with Gasteiger partial charge in [0.25, 0.3) is 0 Å². The molecule has 0 atom stereocenters. The fourth-order valence-corrected chi connectivity index (χ4v) is 2.35. The van der Waals surface area contributed by atoms with Gasteiger partial charge in [-0.05, 0) is 18.8 Å². The first-order valence-corrected chi connectivity index (χ1v) is 6.89. The van der Waals surface area contributed by atoms with Crippen LogP contribution >= 0.6 is 0 Å². The predicted molar refractivity (Wildman–Crippen MR) is 74.2 cm³/mol. The molecular weight excluding hydrogens is 210 g/mol. The van der Waals surface area contributed by atoms with E-state index >= 15 is 0 Å². The largest absolute Gasteiger partial charge is 0.384 e. The van der Waals surface area contributed by atoms with E-state index in [1.54, 1.807) is 0 Å². The smallest absolute Gasteiger partial charge is 0.127 e. The van der Waals surface area contributed by atoms with Crippen LogP contribution in [0.4, 0.5) is 5.82 Å². The molecule has 0 aliphatic carbocycles. The van der Waals surface area contributed by atoms with Crippen LogP contribution in [-0.4, -0.2) is 9.55 Å². The molecule has 0 fully saturated rings. The van der Waals surface area contributed by atoms with Crippen molar-refractivity contribution in [1.29, 1.82) is 0 Å². The Bertz CT molecular complexity index is 349. The van der Waals surface area contributed by atoms with Gasteiger partial charge in [-0.2, -0.15) is 0 Å². The summed E-state index contributed by atoms with van der Waals surface area (Å²) in [4.78, 5) is 4.76. The summed E-state index contributed by atoms with van der Waals surface area (Å²) in [6.07, 6.45) is 3.18. The van der Waals surface area contributed by atoms with Gasteiger partial charge in [0.15, 0.2) is 0 Å². The summed E-state index contributed by atoms with van der Waals surface area (Å²) >= 11 is 0. The number of nitrogens with zero attached hydrogens (tertiary/aromatic N) is 2. The van der Waals surface area contributed by atoms with Crippen molar-refractivity contribution in [1.82, 2.24) is 9.55 Å².